The second kappa shape index (κ2) is 4.46. The Morgan fingerprint density at radius 3 is 2.55 bits per heavy atom. The molecule has 3 heteroatoms. The van der Waals surface area contributed by atoms with E-state index in [4.69, 9.17) is 0 Å². The van der Waals surface area contributed by atoms with Crippen LogP contribution in [0.25, 0.3) is 16.7 Å². The Morgan fingerprint density at radius 2 is 1.80 bits per heavy atom. The molecule has 1 fully saturated rings. The highest BCUT2D eigenvalue weighted by molar-refractivity contribution is 5.77. The molecule has 4 rings (SSSR count). The monoisotopic (exact) mass is 264 g/mol. The summed E-state index contributed by atoms with van der Waals surface area (Å²) in [6.07, 6.45) is 3.84. The number of hydrogen-bond acceptors (Lipinski definition) is 2. The van der Waals surface area contributed by atoms with Crippen LogP contribution >= 0.6 is 0 Å². The van der Waals surface area contributed by atoms with Gasteiger partial charge in [0.15, 0.2) is 0 Å². The van der Waals surface area contributed by atoms with Gasteiger partial charge >= 0.3 is 0 Å². The van der Waals surface area contributed by atoms with Gasteiger partial charge < -0.3 is 5.11 Å². The molecule has 1 aliphatic rings. The van der Waals surface area contributed by atoms with Crippen molar-refractivity contribution in [3.63, 3.8) is 0 Å². The van der Waals surface area contributed by atoms with E-state index >= 15 is 0 Å². The van der Waals surface area contributed by atoms with E-state index in [9.17, 15) is 5.11 Å². The summed E-state index contributed by atoms with van der Waals surface area (Å²) in [6, 6.07) is 16.2. The number of aliphatic hydroxyl groups is 1. The van der Waals surface area contributed by atoms with Crippen LogP contribution in [0.1, 0.15) is 24.5 Å². The molecule has 1 aromatic heterocycles. The van der Waals surface area contributed by atoms with E-state index in [-0.39, 0.29) is 6.10 Å². The molecule has 1 aliphatic carbocycles. The molecule has 1 heterocycles. The maximum absolute atomic E-state index is 10.1. The van der Waals surface area contributed by atoms with Crippen LogP contribution in [0, 0.1) is 5.92 Å². The van der Waals surface area contributed by atoms with E-state index in [0.717, 1.165) is 35.1 Å². The number of imidazole rings is 1. The molecule has 0 spiro atoms. The summed E-state index contributed by atoms with van der Waals surface area (Å²) in [7, 11) is 0. The normalized spacial score (nSPS) is 16.4. The zero-order chi connectivity index (χ0) is 13.5. The number of hydrogen-bond donors (Lipinski definition) is 1. The zero-order valence-corrected chi connectivity index (χ0v) is 11.1. The number of benzene rings is 2. The van der Waals surface area contributed by atoms with Crippen molar-refractivity contribution in [2.24, 2.45) is 5.92 Å². The van der Waals surface area contributed by atoms with Crippen molar-refractivity contribution < 1.29 is 5.11 Å². The molecule has 0 amide bonds. The van der Waals surface area contributed by atoms with Crippen molar-refractivity contribution in [1.29, 1.82) is 0 Å². The van der Waals surface area contributed by atoms with Crippen molar-refractivity contribution in [1.82, 2.24) is 9.55 Å². The van der Waals surface area contributed by atoms with Crippen molar-refractivity contribution >= 4 is 11.0 Å². The van der Waals surface area contributed by atoms with Crippen LogP contribution in [0.5, 0.6) is 0 Å². The van der Waals surface area contributed by atoms with Gasteiger partial charge in [0.05, 0.1) is 17.1 Å². The molecule has 100 valence electrons. The lowest BCUT2D eigenvalue weighted by molar-refractivity contribution is 0.154. The number of fused-ring (bicyclic) bond motifs is 1. The summed E-state index contributed by atoms with van der Waals surface area (Å²) in [5.74, 6) is 0.468. The van der Waals surface area contributed by atoms with Crippen LogP contribution in [0.3, 0.4) is 0 Å². The Labute approximate surface area is 117 Å². The first-order valence-electron chi connectivity index (χ1n) is 7.03. The molecule has 0 saturated heterocycles. The average Bonchev–Trinajstić information content (AvgIpc) is 3.26. The van der Waals surface area contributed by atoms with E-state index < -0.39 is 0 Å². The fourth-order valence-electron chi connectivity index (χ4n) is 2.68. The van der Waals surface area contributed by atoms with Crippen LogP contribution in [0.2, 0.25) is 0 Å². The number of para-hydroxylation sites is 2. The van der Waals surface area contributed by atoms with Crippen molar-refractivity contribution in [3.8, 4) is 5.69 Å². The Hall–Kier alpha value is -2.13. The second-order valence-electron chi connectivity index (χ2n) is 5.48. The minimum absolute atomic E-state index is 0.302. The Bertz CT molecular complexity index is 741. The SMILES string of the molecule is OC(c1ccc(-n2cnc3ccccc32)cc1)C1CC1. The van der Waals surface area contributed by atoms with E-state index in [1.165, 1.54) is 0 Å². The lowest BCUT2D eigenvalue weighted by atomic mass is 10.1. The molecule has 20 heavy (non-hydrogen) atoms. The molecule has 0 aliphatic heterocycles. The van der Waals surface area contributed by atoms with Crippen LogP contribution in [-0.2, 0) is 0 Å². The van der Waals surface area contributed by atoms with E-state index in [1.54, 1.807) is 0 Å². The highest BCUT2D eigenvalue weighted by Crippen LogP contribution is 2.40. The van der Waals surface area contributed by atoms with Gasteiger partial charge in [-0.25, -0.2) is 4.98 Å². The standard InChI is InChI=1S/C17H16N2O/c20-17(12-5-6-12)13-7-9-14(10-8-13)19-11-18-15-3-1-2-4-16(15)19/h1-4,7-12,17,20H,5-6H2. The van der Waals surface area contributed by atoms with Gasteiger partial charge in [-0.05, 0) is 48.6 Å². The van der Waals surface area contributed by atoms with Crippen molar-refractivity contribution in [2.45, 2.75) is 18.9 Å². The molecule has 2 aromatic carbocycles. The highest BCUT2D eigenvalue weighted by Gasteiger charge is 2.30. The topological polar surface area (TPSA) is 38.0 Å². The first-order valence-corrected chi connectivity index (χ1v) is 7.03. The summed E-state index contributed by atoms with van der Waals surface area (Å²) in [6.45, 7) is 0. The quantitative estimate of drug-likeness (QED) is 0.786. The maximum atomic E-state index is 10.1. The first-order chi connectivity index (χ1) is 9.83. The van der Waals surface area contributed by atoms with Crippen LogP contribution in [-0.4, -0.2) is 14.7 Å². The number of aliphatic hydroxyl groups excluding tert-OH is 1. The molecular weight excluding hydrogens is 248 g/mol. The van der Waals surface area contributed by atoms with Gasteiger partial charge in [-0.1, -0.05) is 24.3 Å². The summed E-state index contributed by atoms with van der Waals surface area (Å²) in [5, 5.41) is 10.1. The van der Waals surface area contributed by atoms with Gasteiger partial charge in [0.1, 0.15) is 6.33 Å². The fourth-order valence-corrected chi connectivity index (χ4v) is 2.68. The van der Waals surface area contributed by atoms with Gasteiger partial charge in [-0.15, -0.1) is 0 Å². The number of rotatable bonds is 3. The Morgan fingerprint density at radius 1 is 1.05 bits per heavy atom. The van der Waals surface area contributed by atoms with Crippen molar-refractivity contribution in [3.05, 3.63) is 60.4 Å². The summed E-state index contributed by atoms with van der Waals surface area (Å²) in [5.41, 5.74) is 4.18. The zero-order valence-electron chi connectivity index (χ0n) is 11.1. The minimum Gasteiger partial charge on any atom is -0.388 e. The Kier molecular flexibility index (Phi) is 2.60. The predicted octanol–water partition coefficient (Wildman–Crippen LogP) is 3.47. The first kappa shape index (κ1) is 11.7. The molecule has 3 nitrogen and oxygen atoms in total. The van der Waals surface area contributed by atoms with Gasteiger partial charge in [-0.2, -0.15) is 0 Å². The molecule has 0 radical (unpaired) electrons. The lowest BCUT2D eigenvalue weighted by Gasteiger charge is -2.11. The third kappa shape index (κ3) is 1.91. The highest BCUT2D eigenvalue weighted by atomic mass is 16.3. The molecule has 3 aromatic rings. The van der Waals surface area contributed by atoms with E-state index in [1.807, 2.05) is 36.7 Å². The maximum Gasteiger partial charge on any atom is 0.100 e. The molecule has 1 atom stereocenters. The molecule has 1 unspecified atom stereocenters. The van der Waals surface area contributed by atoms with Crippen LogP contribution in [0.4, 0.5) is 0 Å². The van der Waals surface area contributed by atoms with Gasteiger partial charge in [0.25, 0.3) is 0 Å². The summed E-state index contributed by atoms with van der Waals surface area (Å²) < 4.78 is 2.07. The molecule has 1 N–H and O–H groups in total. The van der Waals surface area contributed by atoms with Crippen LogP contribution in [0.15, 0.2) is 54.9 Å². The Balaban J connectivity index is 1.71. The summed E-state index contributed by atoms with van der Waals surface area (Å²) >= 11 is 0. The van der Waals surface area contributed by atoms with E-state index in [2.05, 4.69) is 27.8 Å². The second-order valence-corrected chi connectivity index (χ2v) is 5.48. The fraction of sp³-hybridized carbons (Fsp3) is 0.235. The number of aromatic nitrogens is 2. The van der Waals surface area contributed by atoms with Gasteiger partial charge in [0.2, 0.25) is 0 Å². The van der Waals surface area contributed by atoms with Crippen molar-refractivity contribution in [2.75, 3.05) is 0 Å². The molecular formula is C17H16N2O. The number of nitrogens with zero attached hydrogens (tertiary/aromatic N) is 2. The largest absolute Gasteiger partial charge is 0.388 e. The van der Waals surface area contributed by atoms with Gasteiger partial charge in [0, 0.05) is 5.69 Å². The lowest BCUT2D eigenvalue weighted by Crippen LogP contribution is -2.00. The molecule has 1 saturated carbocycles. The van der Waals surface area contributed by atoms with Gasteiger partial charge in [-0.3, -0.25) is 4.57 Å². The van der Waals surface area contributed by atoms with E-state index in [0.29, 0.717) is 5.92 Å². The average molecular weight is 264 g/mol. The van der Waals surface area contributed by atoms with Crippen LogP contribution < -0.4 is 0 Å². The minimum atomic E-state index is -0.302. The third-order valence-corrected chi connectivity index (χ3v) is 4.03. The predicted molar refractivity (Wildman–Crippen MR) is 78.8 cm³/mol. The summed E-state index contributed by atoms with van der Waals surface area (Å²) in [4.78, 5) is 4.40. The smallest absolute Gasteiger partial charge is 0.100 e. The molecule has 0 bridgehead atoms. The third-order valence-electron chi connectivity index (χ3n) is 4.03.